The van der Waals surface area contributed by atoms with E-state index in [9.17, 15) is 13.6 Å². The molecule has 0 saturated heterocycles. The Morgan fingerprint density at radius 2 is 1.77 bits per heavy atom. The predicted molar refractivity (Wildman–Crippen MR) is 104 cm³/mol. The van der Waals surface area contributed by atoms with Gasteiger partial charge in [-0.2, -0.15) is 0 Å². The number of fused-ring (bicyclic) bond motifs is 3. The van der Waals surface area contributed by atoms with Crippen molar-refractivity contribution in [1.29, 1.82) is 0 Å². The molecule has 1 aromatic heterocycles. The lowest BCUT2D eigenvalue weighted by Gasteiger charge is -2.07. The molecule has 4 rings (SSSR count). The maximum atomic E-state index is 13.8. The Balaban J connectivity index is 1.71. The minimum Gasteiger partial charge on any atom is -0.316 e. The SMILES string of the molecule is O=C(Nc1c(F)cccc1F)c1cc2c(s1)-c1cc(Br)ccc1CCC2. The molecule has 0 aliphatic heterocycles. The predicted octanol–water partition coefficient (Wildman–Crippen LogP) is 6.20. The molecule has 0 saturated carbocycles. The zero-order chi connectivity index (χ0) is 18.3. The third kappa shape index (κ3) is 3.19. The van der Waals surface area contributed by atoms with E-state index < -0.39 is 23.2 Å². The minimum absolute atomic E-state index is 0.413. The van der Waals surface area contributed by atoms with Gasteiger partial charge in [-0.3, -0.25) is 4.79 Å². The van der Waals surface area contributed by atoms with E-state index in [1.807, 2.05) is 12.1 Å². The highest BCUT2D eigenvalue weighted by Crippen LogP contribution is 2.40. The normalized spacial score (nSPS) is 12.9. The standard InChI is InChI=1S/C20H14BrF2NOS/c21-13-8-7-11-3-1-4-12-9-17(26-19(12)14(11)10-13)20(25)24-18-15(22)5-2-6-16(18)23/h2,5-10H,1,3-4H2,(H,24,25). The number of amides is 1. The summed E-state index contributed by atoms with van der Waals surface area (Å²) < 4.78 is 28.6. The third-order valence-corrected chi connectivity index (χ3v) is 6.15. The molecule has 1 heterocycles. The lowest BCUT2D eigenvalue weighted by Crippen LogP contribution is -2.12. The first kappa shape index (κ1) is 17.4. The molecule has 0 atom stereocenters. The quantitative estimate of drug-likeness (QED) is 0.512. The van der Waals surface area contributed by atoms with E-state index in [0.29, 0.717) is 4.88 Å². The van der Waals surface area contributed by atoms with Gasteiger partial charge < -0.3 is 5.32 Å². The Kier molecular flexibility index (Phi) is 4.63. The van der Waals surface area contributed by atoms with Gasteiger partial charge in [0.2, 0.25) is 0 Å². The van der Waals surface area contributed by atoms with Crippen LogP contribution in [0, 0.1) is 11.6 Å². The summed E-state index contributed by atoms with van der Waals surface area (Å²) in [6.07, 6.45) is 2.87. The van der Waals surface area contributed by atoms with Gasteiger partial charge in [0.25, 0.3) is 5.91 Å². The summed E-state index contributed by atoms with van der Waals surface area (Å²) in [4.78, 5) is 14.1. The third-order valence-electron chi connectivity index (χ3n) is 4.44. The van der Waals surface area contributed by atoms with E-state index in [4.69, 9.17) is 0 Å². The fourth-order valence-electron chi connectivity index (χ4n) is 3.19. The van der Waals surface area contributed by atoms with Crippen molar-refractivity contribution in [2.24, 2.45) is 0 Å². The molecule has 0 unspecified atom stereocenters. The number of hydrogen-bond acceptors (Lipinski definition) is 2. The topological polar surface area (TPSA) is 29.1 Å². The van der Waals surface area contributed by atoms with Gasteiger partial charge in [-0.1, -0.05) is 28.1 Å². The second kappa shape index (κ2) is 6.93. The Morgan fingerprint density at radius 1 is 1.04 bits per heavy atom. The van der Waals surface area contributed by atoms with Gasteiger partial charge in [-0.25, -0.2) is 8.78 Å². The largest absolute Gasteiger partial charge is 0.316 e. The minimum atomic E-state index is -0.786. The number of carbonyl (C=O) groups is 1. The van der Waals surface area contributed by atoms with Gasteiger partial charge in [0.15, 0.2) is 0 Å². The smallest absolute Gasteiger partial charge is 0.265 e. The number of aryl methyl sites for hydroxylation is 2. The summed E-state index contributed by atoms with van der Waals surface area (Å²) in [7, 11) is 0. The van der Waals surface area contributed by atoms with E-state index in [-0.39, 0.29) is 0 Å². The molecule has 132 valence electrons. The number of halogens is 3. The van der Waals surface area contributed by atoms with Crippen LogP contribution >= 0.6 is 27.3 Å². The highest BCUT2D eigenvalue weighted by molar-refractivity contribution is 9.10. The van der Waals surface area contributed by atoms with Crippen molar-refractivity contribution >= 4 is 38.9 Å². The van der Waals surface area contributed by atoms with Gasteiger partial charge in [0, 0.05) is 9.35 Å². The van der Waals surface area contributed by atoms with E-state index in [1.165, 1.54) is 23.0 Å². The molecule has 0 bridgehead atoms. The van der Waals surface area contributed by atoms with Crippen molar-refractivity contribution in [3.8, 4) is 10.4 Å². The molecular weight excluding hydrogens is 420 g/mol. The van der Waals surface area contributed by atoms with Crippen LogP contribution in [0.2, 0.25) is 0 Å². The molecule has 3 aromatic rings. The number of thiophene rings is 1. The van der Waals surface area contributed by atoms with Crippen LogP contribution in [0.1, 0.15) is 27.2 Å². The number of carbonyl (C=O) groups excluding carboxylic acids is 1. The van der Waals surface area contributed by atoms with Crippen molar-refractivity contribution < 1.29 is 13.6 Å². The monoisotopic (exact) mass is 433 g/mol. The van der Waals surface area contributed by atoms with Crippen LogP contribution < -0.4 is 5.32 Å². The number of benzene rings is 2. The van der Waals surface area contributed by atoms with Crippen molar-refractivity contribution in [1.82, 2.24) is 0 Å². The molecular formula is C20H14BrF2NOS. The van der Waals surface area contributed by atoms with Crippen LogP contribution in [0.25, 0.3) is 10.4 Å². The first-order valence-corrected chi connectivity index (χ1v) is 9.81. The molecule has 0 radical (unpaired) electrons. The molecule has 6 heteroatoms. The summed E-state index contributed by atoms with van der Waals surface area (Å²) in [5.74, 6) is -2.07. The summed E-state index contributed by atoms with van der Waals surface area (Å²) in [6, 6.07) is 11.5. The van der Waals surface area contributed by atoms with Gasteiger partial charge in [-0.15, -0.1) is 11.3 Å². The molecule has 1 N–H and O–H groups in total. The average Bonchev–Trinajstić information content (AvgIpc) is 2.96. The summed E-state index contributed by atoms with van der Waals surface area (Å²) >= 11 is 4.87. The lowest BCUT2D eigenvalue weighted by atomic mass is 10.0. The number of anilines is 1. The fraction of sp³-hybridized carbons (Fsp3) is 0.150. The molecule has 1 aliphatic carbocycles. The first-order chi connectivity index (χ1) is 12.5. The maximum absolute atomic E-state index is 13.8. The maximum Gasteiger partial charge on any atom is 0.265 e. The summed E-state index contributed by atoms with van der Waals surface area (Å²) in [5.41, 5.74) is 3.06. The Hall–Kier alpha value is -2.05. The van der Waals surface area contributed by atoms with Crippen LogP contribution in [0.5, 0.6) is 0 Å². The van der Waals surface area contributed by atoms with E-state index >= 15 is 0 Å². The summed E-state index contributed by atoms with van der Waals surface area (Å²) in [6.45, 7) is 0. The molecule has 2 aromatic carbocycles. The highest BCUT2D eigenvalue weighted by atomic mass is 79.9. The van der Waals surface area contributed by atoms with E-state index in [2.05, 4.69) is 33.4 Å². The first-order valence-electron chi connectivity index (χ1n) is 8.20. The van der Waals surface area contributed by atoms with Gasteiger partial charge in [0.05, 0.1) is 4.88 Å². The van der Waals surface area contributed by atoms with E-state index in [0.717, 1.165) is 51.9 Å². The Bertz CT molecular complexity index is 995. The number of rotatable bonds is 2. The number of para-hydroxylation sites is 1. The van der Waals surface area contributed by atoms with E-state index in [1.54, 1.807) is 0 Å². The fourth-order valence-corrected chi connectivity index (χ4v) is 4.71. The Labute approximate surface area is 162 Å². The van der Waals surface area contributed by atoms with Crippen LogP contribution in [0.3, 0.4) is 0 Å². The number of nitrogens with one attached hydrogen (secondary N) is 1. The van der Waals surface area contributed by atoms with Crippen LogP contribution in [-0.4, -0.2) is 5.91 Å². The van der Waals surface area contributed by atoms with Gasteiger partial charge in [-0.05, 0) is 66.3 Å². The second-order valence-electron chi connectivity index (χ2n) is 6.17. The van der Waals surface area contributed by atoms with Crippen LogP contribution in [-0.2, 0) is 12.8 Å². The van der Waals surface area contributed by atoms with Gasteiger partial charge in [0.1, 0.15) is 17.3 Å². The number of hydrogen-bond donors (Lipinski definition) is 1. The van der Waals surface area contributed by atoms with Gasteiger partial charge >= 0.3 is 0 Å². The molecule has 0 fully saturated rings. The van der Waals surface area contributed by atoms with Crippen molar-refractivity contribution in [3.05, 3.63) is 74.6 Å². The van der Waals surface area contributed by atoms with Crippen molar-refractivity contribution in [2.45, 2.75) is 19.3 Å². The zero-order valence-electron chi connectivity index (χ0n) is 13.6. The average molecular weight is 434 g/mol. The zero-order valence-corrected chi connectivity index (χ0v) is 16.0. The molecule has 2 nitrogen and oxygen atoms in total. The van der Waals surface area contributed by atoms with Crippen molar-refractivity contribution in [3.63, 3.8) is 0 Å². The molecule has 0 spiro atoms. The van der Waals surface area contributed by atoms with Crippen molar-refractivity contribution in [2.75, 3.05) is 5.32 Å². The second-order valence-corrected chi connectivity index (χ2v) is 8.14. The molecule has 1 aliphatic rings. The molecule has 1 amide bonds. The van der Waals surface area contributed by atoms with Crippen LogP contribution in [0.15, 0.2) is 46.9 Å². The lowest BCUT2D eigenvalue weighted by molar-refractivity contribution is 0.102. The molecule has 26 heavy (non-hydrogen) atoms. The van der Waals surface area contributed by atoms with Crippen LogP contribution in [0.4, 0.5) is 14.5 Å². The Morgan fingerprint density at radius 3 is 2.54 bits per heavy atom. The highest BCUT2D eigenvalue weighted by Gasteiger charge is 2.22. The summed E-state index contributed by atoms with van der Waals surface area (Å²) in [5, 5.41) is 2.37.